The molecule has 1 aromatic heterocycles. The van der Waals surface area contributed by atoms with Crippen LogP contribution >= 0.6 is 11.3 Å². The molecule has 0 spiro atoms. The van der Waals surface area contributed by atoms with E-state index in [1.807, 2.05) is 0 Å². The molecule has 110 valence electrons. The predicted molar refractivity (Wildman–Crippen MR) is 73.2 cm³/mol. The van der Waals surface area contributed by atoms with Crippen molar-refractivity contribution in [2.45, 2.75) is 4.90 Å². The molecule has 0 aliphatic heterocycles. The second kappa shape index (κ2) is 6.17. The third-order valence-electron chi connectivity index (χ3n) is 2.22. The molecule has 0 aliphatic rings. The van der Waals surface area contributed by atoms with E-state index in [0.717, 1.165) is 23.5 Å². The van der Waals surface area contributed by atoms with Crippen molar-refractivity contribution < 1.29 is 22.3 Å². The summed E-state index contributed by atoms with van der Waals surface area (Å²) >= 11 is 0.948. The average Bonchev–Trinajstić information content (AvgIpc) is 2.86. The summed E-state index contributed by atoms with van der Waals surface area (Å²) in [7, 11) is -4.07. The molecule has 0 bridgehead atoms. The Bertz CT molecular complexity index is 823. The van der Waals surface area contributed by atoms with Crippen LogP contribution in [0.2, 0.25) is 0 Å². The van der Waals surface area contributed by atoms with Gasteiger partial charge in [0.1, 0.15) is 6.61 Å². The highest BCUT2D eigenvalue weighted by Crippen LogP contribution is 2.22. The lowest BCUT2D eigenvalue weighted by Crippen LogP contribution is -2.13. The summed E-state index contributed by atoms with van der Waals surface area (Å²) in [5.41, 5.74) is 0. The van der Waals surface area contributed by atoms with Crippen molar-refractivity contribution in [2.24, 2.45) is 0 Å². The van der Waals surface area contributed by atoms with Crippen LogP contribution in [-0.4, -0.2) is 25.1 Å². The van der Waals surface area contributed by atoms with Crippen LogP contribution < -0.4 is 4.72 Å². The molecule has 0 saturated carbocycles. The molecule has 0 atom stereocenters. The SMILES string of the molecule is O=S(=O)(Nc1ncc(C#CCO)s1)c1ccc(F)c(F)c1. The van der Waals surface area contributed by atoms with Crippen molar-refractivity contribution in [2.75, 3.05) is 11.3 Å². The highest BCUT2D eigenvalue weighted by Gasteiger charge is 2.18. The van der Waals surface area contributed by atoms with E-state index in [1.54, 1.807) is 0 Å². The molecule has 9 heteroatoms. The smallest absolute Gasteiger partial charge is 0.263 e. The first-order chi connectivity index (χ1) is 9.92. The number of aliphatic hydroxyl groups is 1. The molecule has 0 saturated heterocycles. The molecule has 0 radical (unpaired) electrons. The summed E-state index contributed by atoms with van der Waals surface area (Å²) in [5.74, 6) is 2.57. The summed E-state index contributed by atoms with van der Waals surface area (Å²) in [6, 6.07) is 2.25. The van der Waals surface area contributed by atoms with Crippen molar-refractivity contribution >= 4 is 26.5 Å². The van der Waals surface area contributed by atoms with E-state index in [2.05, 4.69) is 21.5 Å². The average molecular weight is 330 g/mol. The van der Waals surface area contributed by atoms with Gasteiger partial charge < -0.3 is 5.11 Å². The first-order valence-electron chi connectivity index (χ1n) is 5.46. The van der Waals surface area contributed by atoms with E-state index in [-0.39, 0.29) is 11.7 Å². The summed E-state index contributed by atoms with van der Waals surface area (Å²) in [5, 5.41) is 8.58. The normalized spacial score (nSPS) is 10.8. The molecule has 0 fully saturated rings. The van der Waals surface area contributed by atoms with E-state index in [0.29, 0.717) is 10.9 Å². The summed E-state index contributed by atoms with van der Waals surface area (Å²) in [6.07, 6.45) is 1.33. The molecule has 2 rings (SSSR count). The molecule has 1 heterocycles. The summed E-state index contributed by atoms with van der Waals surface area (Å²) in [4.78, 5) is 3.83. The van der Waals surface area contributed by atoms with Gasteiger partial charge in [-0.1, -0.05) is 23.2 Å². The minimum Gasteiger partial charge on any atom is -0.384 e. The number of thiazole rings is 1. The highest BCUT2D eigenvalue weighted by atomic mass is 32.2. The maximum absolute atomic E-state index is 13.1. The maximum Gasteiger partial charge on any atom is 0.263 e. The lowest BCUT2D eigenvalue weighted by Gasteiger charge is -2.05. The molecule has 0 amide bonds. The van der Waals surface area contributed by atoms with Crippen molar-refractivity contribution in [3.05, 3.63) is 40.9 Å². The second-order valence-electron chi connectivity index (χ2n) is 3.67. The van der Waals surface area contributed by atoms with Crippen LogP contribution in [0.3, 0.4) is 0 Å². The summed E-state index contributed by atoms with van der Waals surface area (Å²) < 4.78 is 52.0. The monoisotopic (exact) mass is 330 g/mol. The van der Waals surface area contributed by atoms with E-state index < -0.39 is 26.6 Å². The van der Waals surface area contributed by atoms with Gasteiger partial charge in [-0.3, -0.25) is 4.72 Å². The van der Waals surface area contributed by atoms with Crippen LogP contribution in [0, 0.1) is 23.5 Å². The van der Waals surface area contributed by atoms with Gasteiger partial charge in [0.2, 0.25) is 0 Å². The van der Waals surface area contributed by atoms with E-state index in [4.69, 9.17) is 5.11 Å². The highest BCUT2D eigenvalue weighted by molar-refractivity contribution is 7.93. The van der Waals surface area contributed by atoms with Crippen LogP contribution in [0.5, 0.6) is 0 Å². The van der Waals surface area contributed by atoms with Gasteiger partial charge in [-0.2, -0.15) is 0 Å². The van der Waals surface area contributed by atoms with Gasteiger partial charge in [0.15, 0.2) is 16.8 Å². The van der Waals surface area contributed by atoms with Gasteiger partial charge in [0, 0.05) is 0 Å². The van der Waals surface area contributed by atoms with Gasteiger partial charge in [0.05, 0.1) is 16.0 Å². The fraction of sp³-hybridized carbons (Fsp3) is 0.0833. The van der Waals surface area contributed by atoms with Gasteiger partial charge in [-0.25, -0.2) is 22.2 Å². The second-order valence-corrected chi connectivity index (χ2v) is 6.38. The number of aliphatic hydroxyl groups excluding tert-OH is 1. The van der Waals surface area contributed by atoms with Crippen molar-refractivity contribution in [3.8, 4) is 11.8 Å². The van der Waals surface area contributed by atoms with Crippen LogP contribution in [0.4, 0.5) is 13.9 Å². The van der Waals surface area contributed by atoms with Crippen molar-refractivity contribution in [1.82, 2.24) is 4.98 Å². The number of aromatic nitrogens is 1. The Hall–Kier alpha value is -2.02. The fourth-order valence-electron chi connectivity index (χ4n) is 1.32. The predicted octanol–water partition coefficient (Wildman–Crippen LogP) is 1.57. The van der Waals surface area contributed by atoms with Crippen LogP contribution in [0.1, 0.15) is 4.88 Å². The molecule has 0 aliphatic carbocycles. The Morgan fingerprint density at radius 3 is 2.76 bits per heavy atom. The number of benzene rings is 1. The number of nitrogens with one attached hydrogen (secondary N) is 1. The zero-order chi connectivity index (χ0) is 15.5. The van der Waals surface area contributed by atoms with Crippen LogP contribution in [-0.2, 0) is 10.0 Å². The van der Waals surface area contributed by atoms with Gasteiger partial charge in [-0.05, 0) is 18.2 Å². The van der Waals surface area contributed by atoms with Crippen LogP contribution in [0.25, 0.3) is 0 Å². The zero-order valence-electron chi connectivity index (χ0n) is 10.3. The van der Waals surface area contributed by atoms with Gasteiger partial charge >= 0.3 is 0 Å². The zero-order valence-corrected chi connectivity index (χ0v) is 11.9. The molecular formula is C12H8F2N2O3S2. The quantitative estimate of drug-likeness (QED) is 0.837. The third kappa shape index (κ3) is 3.75. The van der Waals surface area contributed by atoms with Crippen LogP contribution in [0.15, 0.2) is 29.3 Å². The Kier molecular flexibility index (Phi) is 4.52. The topological polar surface area (TPSA) is 79.3 Å². The minimum absolute atomic E-state index is 0.0296. The third-order valence-corrected chi connectivity index (χ3v) is 4.51. The standard InChI is InChI=1S/C12H8F2N2O3S2/c13-10-4-3-9(6-11(10)14)21(18,19)16-12-15-7-8(20-12)2-1-5-17/h3-4,6-7,17H,5H2,(H,15,16). The number of anilines is 1. The van der Waals surface area contributed by atoms with Crippen molar-refractivity contribution in [3.63, 3.8) is 0 Å². The van der Waals surface area contributed by atoms with Crippen molar-refractivity contribution in [1.29, 1.82) is 0 Å². The van der Waals surface area contributed by atoms with Gasteiger partial charge in [0.25, 0.3) is 10.0 Å². The molecule has 2 N–H and O–H groups in total. The first kappa shape index (κ1) is 15.4. The Morgan fingerprint density at radius 1 is 1.33 bits per heavy atom. The minimum atomic E-state index is -4.07. The number of hydrogen-bond donors (Lipinski definition) is 2. The number of sulfonamides is 1. The fourth-order valence-corrected chi connectivity index (χ4v) is 3.27. The van der Waals surface area contributed by atoms with E-state index >= 15 is 0 Å². The number of hydrogen-bond acceptors (Lipinski definition) is 5. The molecular weight excluding hydrogens is 322 g/mol. The van der Waals surface area contributed by atoms with Gasteiger partial charge in [-0.15, -0.1) is 0 Å². The lowest BCUT2D eigenvalue weighted by molar-refractivity contribution is 0.350. The Labute approximate surface area is 123 Å². The molecule has 21 heavy (non-hydrogen) atoms. The Balaban J connectivity index is 2.24. The number of rotatable bonds is 3. The number of halogens is 2. The summed E-state index contributed by atoms with van der Waals surface area (Å²) in [6.45, 7) is -0.326. The van der Waals surface area contributed by atoms with E-state index in [9.17, 15) is 17.2 Å². The first-order valence-corrected chi connectivity index (χ1v) is 7.76. The molecule has 0 unspecified atom stereocenters. The lowest BCUT2D eigenvalue weighted by atomic mass is 10.3. The molecule has 5 nitrogen and oxygen atoms in total. The largest absolute Gasteiger partial charge is 0.384 e. The Morgan fingerprint density at radius 2 is 2.10 bits per heavy atom. The molecule has 2 aromatic rings. The molecule has 1 aromatic carbocycles. The number of nitrogens with zero attached hydrogens (tertiary/aromatic N) is 1. The van der Waals surface area contributed by atoms with E-state index in [1.165, 1.54) is 6.20 Å². The maximum atomic E-state index is 13.1.